The van der Waals surface area contributed by atoms with Gasteiger partial charge in [0.05, 0.1) is 5.69 Å². The number of hydrogen-bond acceptors (Lipinski definition) is 3. The van der Waals surface area contributed by atoms with E-state index in [1.807, 2.05) is 22.7 Å². The van der Waals surface area contributed by atoms with Gasteiger partial charge in [-0.05, 0) is 31.5 Å². The zero-order valence-corrected chi connectivity index (χ0v) is 11.1. The summed E-state index contributed by atoms with van der Waals surface area (Å²) in [6.07, 6.45) is 0.419. The van der Waals surface area contributed by atoms with Gasteiger partial charge in [0.25, 0.3) is 0 Å². The molecule has 0 radical (unpaired) electrons. The van der Waals surface area contributed by atoms with Crippen molar-refractivity contribution in [2.75, 3.05) is 17.2 Å². The van der Waals surface area contributed by atoms with Crippen LogP contribution in [0.15, 0.2) is 23.1 Å². The minimum absolute atomic E-state index is 0.130. The normalized spacial score (nSPS) is 19.0. The Balaban J connectivity index is 2.36. The predicted octanol–water partition coefficient (Wildman–Crippen LogP) is 2.17. The lowest BCUT2D eigenvalue weighted by Gasteiger charge is -2.35. The summed E-state index contributed by atoms with van der Waals surface area (Å²) in [6.45, 7) is 4.57. The first-order chi connectivity index (χ1) is 8.13. The molecule has 1 heterocycles. The van der Waals surface area contributed by atoms with Gasteiger partial charge in [-0.15, -0.1) is 11.8 Å². The number of carbonyl (C=O) groups is 1. The monoisotopic (exact) mass is 250 g/mol. The first kappa shape index (κ1) is 12.5. The maximum atomic E-state index is 12.1. The summed E-state index contributed by atoms with van der Waals surface area (Å²) in [5, 5.41) is 0. The quantitative estimate of drug-likeness (QED) is 0.875. The zero-order valence-electron chi connectivity index (χ0n) is 10.3. The summed E-state index contributed by atoms with van der Waals surface area (Å²) in [5.74, 6) is 1.08. The van der Waals surface area contributed by atoms with E-state index >= 15 is 0 Å². The largest absolute Gasteiger partial charge is 0.330 e. The lowest BCUT2D eigenvalue weighted by Crippen LogP contribution is -2.43. The van der Waals surface area contributed by atoms with Gasteiger partial charge < -0.3 is 10.6 Å². The third kappa shape index (κ3) is 2.48. The molecule has 0 spiro atoms. The number of nitrogens with zero attached hydrogens (tertiary/aromatic N) is 1. The van der Waals surface area contributed by atoms with Crippen molar-refractivity contribution >= 4 is 23.4 Å². The lowest BCUT2D eigenvalue weighted by molar-refractivity contribution is -0.118. The summed E-state index contributed by atoms with van der Waals surface area (Å²) in [7, 11) is 0. The van der Waals surface area contributed by atoms with Crippen molar-refractivity contribution in [1.82, 2.24) is 0 Å². The molecule has 4 heteroatoms. The molecule has 1 aliphatic heterocycles. The molecule has 1 unspecified atom stereocenters. The Morgan fingerprint density at radius 3 is 3.06 bits per heavy atom. The predicted molar refractivity (Wildman–Crippen MR) is 72.5 cm³/mol. The van der Waals surface area contributed by atoms with E-state index in [2.05, 4.69) is 26.0 Å². The van der Waals surface area contributed by atoms with Gasteiger partial charge in [0.2, 0.25) is 5.91 Å². The summed E-state index contributed by atoms with van der Waals surface area (Å²) in [5.41, 5.74) is 7.75. The van der Waals surface area contributed by atoms with Crippen LogP contribution >= 0.6 is 11.8 Å². The molecular formula is C13H18N2OS. The van der Waals surface area contributed by atoms with Crippen LogP contribution in [0.2, 0.25) is 0 Å². The molecule has 2 rings (SSSR count). The van der Waals surface area contributed by atoms with Crippen LogP contribution in [0, 0.1) is 6.92 Å². The molecule has 1 aliphatic rings. The van der Waals surface area contributed by atoms with E-state index in [1.54, 1.807) is 0 Å². The van der Waals surface area contributed by atoms with E-state index in [4.69, 9.17) is 5.73 Å². The topological polar surface area (TPSA) is 46.3 Å². The highest BCUT2D eigenvalue weighted by atomic mass is 32.2. The molecule has 1 atom stereocenters. The Hall–Kier alpha value is -1.00. The van der Waals surface area contributed by atoms with Crippen LogP contribution in [0.1, 0.15) is 18.9 Å². The Kier molecular flexibility index (Phi) is 3.74. The molecule has 92 valence electrons. The summed E-state index contributed by atoms with van der Waals surface area (Å²) in [6, 6.07) is 6.49. The van der Waals surface area contributed by atoms with Gasteiger partial charge in [0.1, 0.15) is 0 Å². The number of fused-ring (bicyclic) bond motifs is 1. The fourth-order valence-corrected chi connectivity index (χ4v) is 3.24. The van der Waals surface area contributed by atoms with Gasteiger partial charge >= 0.3 is 0 Å². The highest BCUT2D eigenvalue weighted by molar-refractivity contribution is 7.99. The Labute approximate surface area is 106 Å². The molecule has 17 heavy (non-hydrogen) atoms. The van der Waals surface area contributed by atoms with Gasteiger partial charge in [0, 0.05) is 29.7 Å². The molecule has 0 aliphatic carbocycles. The van der Waals surface area contributed by atoms with E-state index < -0.39 is 0 Å². The van der Waals surface area contributed by atoms with Crippen LogP contribution in [-0.2, 0) is 4.79 Å². The van der Waals surface area contributed by atoms with Crippen molar-refractivity contribution in [3.8, 4) is 0 Å². The number of carbonyl (C=O) groups excluding carboxylic acids is 1. The first-order valence-corrected chi connectivity index (χ1v) is 6.87. The maximum absolute atomic E-state index is 12.1. The first-order valence-electron chi connectivity index (χ1n) is 5.89. The van der Waals surface area contributed by atoms with Crippen molar-refractivity contribution < 1.29 is 4.79 Å². The average molecular weight is 250 g/mol. The highest BCUT2D eigenvalue weighted by Crippen LogP contribution is 2.38. The number of benzene rings is 1. The molecule has 1 aromatic carbocycles. The second kappa shape index (κ2) is 5.10. The van der Waals surface area contributed by atoms with Crippen LogP contribution in [-0.4, -0.2) is 24.2 Å². The molecule has 1 amide bonds. The van der Waals surface area contributed by atoms with E-state index in [9.17, 15) is 4.79 Å². The number of amides is 1. The third-order valence-electron chi connectivity index (χ3n) is 2.92. The molecule has 3 nitrogen and oxygen atoms in total. The van der Waals surface area contributed by atoms with Crippen molar-refractivity contribution in [3.63, 3.8) is 0 Å². The van der Waals surface area contributed by atoms with Gasteiger partial charge in [-0.1, -0.05) is 6.07 Å². The van der Waals surface area contributed by atoms with Gasteiger partial charge in [-0.2, -0.15) is 0 Å². The van der Waals surface area contributed by atoms with E-state index in [0.29, 0.717) is 13.0 Å². The summed E-state index contributed by atoms with van der Waals surface area (Å²) >= 11 is 1.83. The van der Waals surface area contributed by atoms with Crippen LogP contribution in [0.4, 0.5) is 5.69 Å². The smallest absolute Gasteiger partial charge is 0.228 e. The van der Waals surface area contributed by atoms with Crippen LogP contribution in [0.25, 0.3) is 0 Å². The number of rotatable bonds is 2. The summed E-state index contributed by atoms with van der Waals surface area (Å²) in [4.78, 5) is 15.2. The Bertz CT molecular complexity index is 433. The fraction of sp³-hybridized carbons (Fsp3) is 0.462. The number of anilines is 1. The molecule has 0 saturated carbocycles. The molecule has 2 N–H and O–H groups in total. The second-order valence-corrected chi connectivity index (χ2v) is 5.50. The lowest BCUT2D eigenvalue weighted by atomic mass is 10.1. The number of nitrogens with two attached hydrogens (primary N) is 1. The van der Waals surface area contributed by atoms with E-state index in [-0.39, 0.29) is 11.9 Å². The molecule has 0 bridgehead atoms. The minimum atomic E-state index is 0.130. The second-order valence-electron chi connectivity index (χ2n) is 4.43. The van der Waals surface area contributed by atoms with Crippen molar-refractivity contribution in [1.29, 1.82) is 0 Å². The number of hydrogen-bond donors (Lipinski definition) is 1. The van der Waals surface area contributed by atoms with Crippen molar-refractivity contribution in [2.45, 2.75) is 31.2 Å². The molecule has 1 aromatic rings. The highest BCUT2D eigenvalue weighted by Gasteiger charge is 2.27. The van der Waals surface area contributed by atoms with Crippen LogP contribution in [0.3, 0.4) is 0 Å². The summed E-state index contributed by atoms with van der Waals surface area (Å²) < 4.78 is 0. The SMILES string of the molecule is Cc1ccc2c(c1)SCC(C)N2C(=O)CCN. The maximum Gasteiger partial charge on any atom is 0.228 e. The number of thioether (sulfide) groups is 1. The van der Waals surface area contributed by atoms with Crippen molar-refractivity contribution in [3.05, 3.63) is 23.8 Å². The average Bonchev–Trinajstić information content (AvgIpc) is 2.29. The van der Waals surface area contributed by atoms with Gasteiger partial charge in [-0.3, -0.25) is 4.79 Å². The minimum Gasteiger partial charge on any atom is -0.330 e. The zero-order chi connectivity index (χ0) is 12.4. The Morgan fingerprint density at radius 2 is 2.35 bits per heavy atom. The van der Waals surface area contributed by atoms with Crippen LogP contribution in [0.5, 0.6) is 0 Å². The molecule has 0 saturated heterocycles. The number of aryl methyl sites for hydroxylation is 1. The fourth-order valence-electron chi connectivity index (χ4n) is 2.08. The third-order valence-corrected chi connectivity index (χ3v) is 4.21. The van der Waals surface area contributed by atoms with E-state index in [1.165, 1.54) is 10.5 Å². The molecular weight excluding hydrogens is 232 g/mol. The van der Waals surface area contributed by atoms with Gasteiger partial charge in [-0.25, -0.2) is 0 Å². The van der Waals surface area contributed by atoms with Gasteiger partial charge in [0.15, 0.2) is 0 Å². The van der Waals surface area contributed by atoms with Crippen molar-refractivity contribution in [2.24, 2.45) is 5.73 Å². The van der Waals surface area contributed by atoms with Crippen LogP contribution < -0.4 is 10.6 Å². The standard InChI is InChI=1S/C13H18N2OS/c1-9-3-4-11-12(7-9)17-8-10(2)15(11)13(16)5-6-14/h3-4,7,10H,5-6,8,14H2,1-2H3. The van der Waals surface area contributed by atoms with E-state index in [0.717, 1.165) is 11.4 Å². The Morgan fingerprint density at radius 1 is 1.59 bits per heavy atom. The molecule has 0 fully saturated rings. The molecule has 0 aromatic heterocycles.